The highest BCUT2D eigenvalue weighted by Crippen LogP contribution is 2.55. The predicted octanol–water partition coefficient (Wildman–Crippen LogP) is 8.31. The van der Waals surface area contributed by atoms with E-state index < -0.39 is 28.6 Å². The third kappa shape index (κ3) is 8.14. The van der Waals surface area contributed by atoms with Crippen LogP contribution in [-0.4, -0.2) is 49.3 Å². The minimum Gasteiger partial charge on any atom is -0.319 e. The summed E-state index contributed by atoms with van der Waals surface area (Å²) >= 11 is 0. The van der Waals surface area contributed by atoms with Gasteiger partial charge in [-0.2, -0.15) is 0 Å². The quantitative estimate of drug-likeness (QED) is 0.206. The minimum atomic E-state index is -2.81. The summed E-state index contributed by atoms with van der Waals surface area (Å²) in [4.78, 5) is 0. The van der Waals surface area contributed by atoms with Gasteiger partial charge < -0.3 is 18.3 Å². The maximum atomic E-state index is 14.7. The molecule has 0 bridgehead atoms. The molecule has 0 atom stereocenters. The fraction of sp³-hybridized carbons (Fsp3) is 0.333. The molecule has 4 nitrogen and oxygen atoms in total. The van der Waals surface area contributed by atoms with E-state index in [-0.39, 0.29) is 0 Å². The fourth-order valence-electron chi connectivity index (χ4n) is 6.60. The average Bonchev–Trinajstić information content (AvgIpc) is 3.06. The topological polar surface area (TPSA) is 68.3 Å². The lowest BCUT2D eigenvalue weighted by Gasteiger charge is -2.26. The molecule has 0 N–H and O–H groups in total. The van der Waals surface area contributed by atoms with E-state index >= 15 is 0 Å². The highest BCUT2D eigenvalue weighted by Gasteiger charge is 2.33. The molecule has 0 spiro atoms. The summed E-state index contributed by atoms with van der Waals surface area (Å²) in [5.74, 6) is 0. The van der Waals surface area contributed by atoms with Crippen molar-refractivity contribution in [1.29, 1.82) is 0 Å². The second kappa shape index (κ2) is 14.9. The van der Waals surface area contributed by atoms with Gasteiger partial charge in [-0.3, -0.25) is 0 Å². The molecule has 232 valence electrons. The zero-order valence-electron chi connectivity index (χ0n) is 25.5. The summed E-state index contributed by atoms with van der Waals surface area (Å²) in [5, 5.41) is 3.42. The van der Waals surface area contributed by atoms with E-state index in [9.17, 15) is 18.3 Å². The van der Waals surface area contributed by atoms with E-state index in [1.54, 1.807) is 0 Å². The summed E-state index contributed by atoms with van der Waals surface area (Å²) in [6.07, 6.45) is 6.18. The molecule has 0 aliphatic carbocycles. The SMILES string of the molecule is O=P1(c2ccccc2)CCCP(=O)(c2ccccc2)CCCP(=O)(c2ccccc2)CCCP(=O)(c2ccccc2)CCC1. The van der Waals surface area contributed by atoms with E-state index in [1.165, 1.54) is 0 Å². The molecule has 1 aliphatic heterocycles. The van der Waals surface area contributed by atoms with Gasteiger partial charge in [-0.15, -0.1) is 0 Å². The molecule has 0 unspecified atom stereocenters. The Morgan fingerprint density at radius 2 is 0.432 bits per heavy atom. The van der Waals surface area contributed by atoms with Crippen LogP contribution in [0.3, 0.4) is 0 Å². The Kier molecular flexibility index (Phi) is 11.3. The molecule has 4 aromatic carbocycles. The van der Waals surface area contributed by atoms with Crippen molar-refractivity contribution in [3.8, 4) is 0 Å². The van der Waals surface area contributed by atoms with Crippen molar-refractivity contribution in [3.63, 3.8) is 0 Å². The lowest BCUT2D eigenvalue weighted by molar-refractivity contribution is 0.573. The third-order valence-electron chi connectivity index (χ3n) is 9.06. The van der Waals surface area contributed by atoms with Gasteiger partial charge in [-0.1, -0.05) is 121 Å². The number of rotatable bonds is 4. The van der Waals surface area contributed by atoms with Crippen molar-refractivity contribution in [2.75, 3.05) is 49.3 Å². The zero-order chi connectivity index (χ0) is 30.9. The van der Waals surface area contributed by atoms with Gasteiger partial charge in [0.2, 0.25) is 0 Å². The molecule has 0 saturated carbocycles. The molecule has 1 saturated heterocycles. The summed E-state index contributed by atoms with van der Waals surface area (Å²) in [7, 11) is -11.2. The van der Waals surface area contributed by atoms with Gasteiger partial charge in [0, 0.05) is 70.5 Å². The molecule has 8 heteroatoms. The van der Waals surface area contributed by atoms with Crippen LogP contribution in [-0.2, 0) is 18.3 Å². The molecule has 1 heterocycles. The van der Waals surface area contributed by atoms with Crippen molar-refractivity contribution in [1.82, 2.24) is 0 Å². The largest absolute Gasteiger partial charge is 0.319 e. The number of hydrogen-bond donors (Lipinski definition) is 0. The van der Waals surface area contributed by atoms with Gasteiger partial charge in [0.15, 0.2) is 0 Å². The second-order valence-corrected chi connectivity index (χ2v) is 24.9. The van der Waals surface area contributed by atoms with Crippen LogP contribution in [0.5, 0.6) is 0 Å². The van der Waals surface area contributed by atoms with E-state index in [2.05, 4.69) is 0 Å². The van der Waals surface area contributed by atoms with E-state index in [0.717, 1.165) is 21.2 Å². The van der Waals surface area contributed by atoms with Crippen LogP contribution in [0.1, 0.15) is 25.7 Å². The average molecular weight is 665 g/mol. The fourth-order valence-corrected chi connectivity index (χ4v) is 18.8. The molecule has 1 fully saturated rings. The first kappa shape index (κ1) is 33.2. The first-order chi connectivity index (χ1) is 21.2. The van der Waals surface area contributed by atoms with E-state index in [1.807, 2.05) is 121 Å². The lowest BCUT2D eigenvalue weighted by atomic mass is 10.4. The van der Waals surface area contributed by atoms with Gasteiger partial charge in [-0.05, 0) is 25.7 Å². The Labute approximate surface area is 263 Å². The molecule has 44 heavy (non-hydrogen) atoms. The van der Waals surface area contributed by atoms with Gasteiger partial charge in [0.25, 0.3) is 0 Å². The monoisotopic (exact) mass is 664 g/mol. The van der Waals surface area contributed by atoms with Gasteiger partial charge in [0.05, 0.1) is 0 Å². The normalized spacial score (nSPS) is 29.5. The number of hydrogen-bond acceptors (Lipinski definition) is 4. The molecule has 0 amide bonds. The van der Waals surface area contributed by atoms with Crippen molar-refractivity contribution in [3.05, 3.63) is 121 Å². The lowest BCUT2D eigenvalue weighted by Crippen LogP contribution is -2.19. The zero-order valence-corrected chi connectivity index (χ0v) is 29.0. The number of benzene rings is 4. The Bertz CT molecular complexity index is 1390. The van der Waals surface area contributed by atoms with Crippen molar-refractivity contribution >= 4 is 49.8 Å². The van der Waals surface area contributed by atoms with Gasteiger partial charge in [0.1, 0.15) is 28.6 Å². The van der Waals surface area contributed by atoms with Crippen LogP contribution < -0.4 is 21.2 Å². The molecular formula is C36H44O4P4. The maximum Gasteiger partial charge on any atom is 0.115 e. The van der Waals surface area contributed by atoms with Crippen molar-refractivity contribution in [2.24, 2.45) is 0 Å². The second-order valence-electron chi connectivity index (χ2n) is 12.1. The molecule has 1 aliphatic rings. The van der Waals surface area contributed by atoms with Crippen LogP contribution >= 0.6 is 28.6 Å². The minimum absolute atomic E-state index is 0.478. The van der Waals surface area contributed by atoms with Crippen LogP contribution in [0.25, 0.3) is 0 Å². The molecule has 0 aromatic heterocycles. The highest BCUT2D eigenvalue weighted by molar-refractivity contribution is 7.74. The van der Waals surface area contributed by atoms with E-state index in [0.29, 0.717) is 75.0 Å². The highest BCUT2D eigenvalue weighted by atomic mass is 31.2. The van der Waals surface area contributed by atoms with Crippen molar-refractivity contribution < 1.29 is 18.3 Å². The van der Waals surface area contributed by atoms with Crippen LogP contribution in [0.15, 0.2) is 121 Å². The Morgan fingerprint density at radius 1 is 0.273 bits per heavy atom. The molecule has 4 aromatic rings. The van der Waals surface area contributed by atoms with E-state index in [4.69, 9.17) is 0 Å². The smallest absolute Gasteiger partial charge is 0.115 e. The summed E-state index contributed by atoms with van der Waals surface area (Å²) < 4.78 is 58.7. The maximum absolute atomic E-state index is 14.7. The molecule has 0 radical (unpaired) electrons. The van der Waals surface area contributed by atoms with Gasteiger partial charge >= 0.3 is 0 Å². The Hall–Kier alpha value is -2.20. The predicted molar refractivity (Wildman–Crippen MR) is 192 cm³/mol. The van der Waals surface area contributed by atoms with Crippen LogP contribution in [0, 0.1) is 0 Å². The summed E-state index contributed by atoms with van der Waals surface area (Å²) in [6, 6.07) is 38.8. The van der Waals surface area contributed by atoms with Crippen molar-refractivity contribution in [2.45, 2.75) is 25.7 Å². The standard InChI is InChI=1S/C36H44O4P4/c37-41(33-17-5-1-6-18-33)25-13-27-42(38,34-19-7-2-8-20-34)29-15-31-44(40,36-23-11-4-12-24-36)32-16-30-43(39,28-14-26-41)35-21-9-3-10-22-35/h1-12,17-24H,13-16,25-32H2. The Balaban J connectivity index is 1.49. The van der Waals surface area contributed by atoms with Crippen LogP contribution in [0.2, 0.25) is 0 Å². The first-order valence-electron chi connectivity index (χ1n) is 15.8. The summed E-state index contributed by atoms with van der Waals surface area (Å²) in [6.45, 7) is 0. The van der Waals surface area contributed by atoms with Crippen LogP contribution in [0.4, 0.5) is 0 Å². The summed E-state index contributed by atoms with van der Waals surface area (Å²) in [5.41, 5.74) is 0. The third-order valence-corrected chi connectivity index (χ3v) is 22.3. The molecule has 5 rings (SSSR count). The first-order valence-corrected chi connectivity index (χ1v) is 24.1. The van der Waals surface area contributed by atoms with Gasteiger partial charge in [-0.25, -0.2) is 0 Å². The Morgan fingerprint density at radius 3 is 0.591 bits per heavy atom. The molecular weight excluding hydrogens is 620 g/mol.